The Hall–Kier alpha value is -1.55. The molecule has 0 radical (unpaired) electrons. The Morgan fingerprint density at radius 2 is 1.76 bits per heavy atom. The molecular weight excluding hydrogens is 312 g/mol. The van der Waals surface area contributed by atoms with Crippen molar-refractivity contribution in [3.05, 3.63) is 24.3 Å². The first-order valence-electron chi connectivity index (χ1n) is 9.74. The summed E-state index contributed by atoms with van der Waals surface area (Å²) in [6, 6.07) is 7.95. The number of carbonyl (C=O) groups excluding carboxylic acids is 1. The fourth-order valence-corrected chi connectivity index (χ4v) is 6.11. The van der Waals surface area contributed by atoms with Crippen LogP contribution in [0.2, 0.25) is 0 Å². The van der Waals surface area contributed by atoms with Crippen molar-refractivity contribution >= 4 is 11.6 Å². The number of nitrogens with one attached hydrogen (secondary N) is 2. The first kappa shape index (κ1) is 16.9. The van der Waals surface area contributed by atoms with Gasteiger partial charge in [-0.05, 0) is 80.8 Å². The van der Waals surface area contributed by atoms with Crippen LogP contribution in [-0.2, 0) is 4.79 Å². The van der Waals surface area contributed by atoms with E-state index in [-0.39, 0.29) is 5.91 Å². The van der Waals surface area contributed by atoms with Crippen LogP contribution in [0.5, 0.6) is 5.75 Å². The van der Waals surface area contributed by atoms with E-state index >= 15 is 0 Å². The Labute approximate surface area is 150 Å². The van der Waals surface area contributed by atoms with Crippen molar-refractivity contribution in [1.29, 1.82) is 0 Å². The predicted octanol–water partition coefficient (Wildman–Crippen LogP) is 3.83. The van der Waals surface area contributed by atoms with Gasteiger partial charge in [0.1, 0.15) is 5.75 Å². The molecule has 4 fully saturated rings. The first-order valence-corrected chi connectivity index (χ1v) is 9.74. The average molecular weight is 342 g/mol. The van der Waals surface area contributed by atoms with Crippen LogP contribution < -0.4 is 15.4 Å². The molecule has 4 bridgehead atoms. The average Bonchev–Trinajstić information content (AvgIpc) is 2.59. The summed E-state index contributed by atoms with van der Waals surface area (Å²) >= 11 is 0. The predicted molar refractivity (Wildman–Crippen MR) is 99.7 cm³/mol. The van der Waals surface area contributed by atoms with Gasteiger partial charge in [0.15, 0.2) is 0 Å². The quantitative estimate of drug-likeness (QED) is 0.826. The topological polar surface area (TPSA) is 50.4 Å². The van der Waals surface area contributed by atoms with Gasteiger partial charge in [0.25, 0.3) is 0 Å². The highest BCUT2D eigenvalue weighted by atomic mass is 16.5. The van der Waals surface area contributed by atoms with E-state index in [0.29, 0.717) is 23.8 Å². The van der Waals surface area contributed by atoms with Gasteiger partial charge in [-0.1, -0.05) is 12.1 Å². The molecule has 5 rings (SSSR count). The summed E-state index contributed by atoms with van der Waals surface area (Å²) < 4.78 is 5.30. The number of rotatable bonds is 6. The lowest BCUT2D eigenvalue weighted by Crippen LogP contribution is -2.55. The van der Waals surface area contributed by atoms with Crippen molar-refractivity contribution in [2.75, 3.05) is 19.0 Å². The summed E-state index contributed by atoms with van der Waals surface area (Å²) in [6.45, 7) is 2.66. The molecule has 0 saturated heterocycles. The number of hydrogen-bond acceptors (Lipinski definition) is 3. The van der Waals surface area contributed by atoms with Crippen LogP contribution in [0.1, 0.15) is 45.4 Å². The van der Waals surface area contributed by atoms with E-state index in [0.717, 1.165) is 23.4 Å². The number of anilines is 1. The lowest BCUT2D eigenvalue weighted by molar-refractivity contribution is -0.116. The van der Waals surface area contributed by atoms with Gasteiger partial charge in [0.05, 0.1) is 19.3 Å². The molecule has 4 nitrogen and oxygen atoms in total. The number of benzene rings is 1. The van der Waals surface area contributed by atoms with Gasteiger partial charge in [-0.15, -0.1) is 0 Å². The van der Waals surface area contributed by atoms with E-state index in [1.165, 1.54) is 38.5 Å². The lowest BCUT2D eigenvalue weighted by atomic mass is 9.48. The van der Waals surface area contributed by atoms with Gasteiger partial charge in [0.2, 0.25) is 5.91 Å². The summed E-state index contributed by atoms with van der Waals surface area (Å²) in [4.78, 5) is 12.4. The SMILES string of the molecule is COc1ccccc1NC(=O)CN[C@H](C)C12CC3CC(CC(C3)C1)C2. The van der Waals surface area contributed by atoms with E-state index in [4.69, 9.17) is 4.74 Å². The maximum Gasteiger partial charge on any atom is 0.238 e. The monoisotopic (exact) mass is 342 g/mol. The molecule has 0 unspecified atom stereocenters. The minimum absolute atomic E-state index is 0.000998. The van der Waals surface area contributed by atoms with E-state index < -0.39 is 0 Å². The van der Waals surface area contributed by atoms with Crippen LogP contribution >= 0.6 is 0 Å². The number of para-hydroxylation sites is 2. The summed E-state index contributed by atoms with van der Waals surface area (Å²) in [6.07, 6.45) is 8.46. The van der Waals surface area contributed by atoms with Crippen LogP contribution in [0.3, 0.4) is 0 Å². The minimum Gasteiger partial charge on any atom is -0.495 e. The number of methoxy groups -OCH3 is 1. The zero-order valence-corrected chi connectivity index (χ0v) is 15.4. The molecule has 0 aliphatic heterocycles. The van der Waals surface area contributed by atoms with Gasteiger partial charge >= 0.3 is 0 Å². The van der Waals surface area contributed by atoms with Crippen LogP contribution in [0, 0.1) is 23.2 Å². The molecule has 0 spiro atoms. The third kappa shape index (κ3) is 3.29. The maximum absolute atomic E-state index is 12.4. The Balaban J connectivity index is 1.34. The summed E-state index contributed by atoms with van der Waals surface area (Å²) in [5.74, 6) is 3.53. The molecule has 2 N–H and O–H groups in total. The largest absolute Gasteiger partial charge is 0.495 e. The van der Waals surface area contributed by atoms with Crippen LogP contribution in [0.25, 0.3) is 0 Å². The molecule has 1 amide bonds. The highest BCUT2D eigenvalue weighted by Gasteiger charge is 2.52. The molecule has 1 aromatic rings. The molecular formula is C21H30N2O2. The molecule has 136 valence electrons. The van der Waals surface area contributed by atoms with Crippen molar-refractivity contribution in [2.24, 2.45) is 23.2 Å². The Morgan fingerprint density at radius 1 is 1.16 bits per heavy atom. The van der Waals surface area contributed by atoms with Gasteiger partial charge in [-0.2, -0.15) is 0 Å². The van der Waals surface area contributed by atoms with Crippen molar-refractivity contribution in [3.63, 3.8) is 0 Å². The molecule has 4 saturated carbocycles. The number of hydrogen-bond donors (Lipinski definition) is 2. The zero-order chi connectivity index (χ0) is 17.4. The third-order valence-electron chi connectivity index (χ3n) is 6.95. The van der Waals surface area contributed by atoms with Crippen molar-refractivity contribution in [2.45, 2.75) is 51.5 Å². The normalized spacial score (nSPS) is 33.9. The minimum atomic E-state index is 0.000998. The molecule has 0 aromatic heterocycles. The zero-order valence-electron chi connectivity index (χ0n) is 15.4. The number of carbonyl (C=O) groups is 1. The van der Waals surface area contributed by atoms with E-state index in [2.05, 4.69) is 17.6 Å². The highest BCUT2D eigenvalue weighted by Crippen LogP contribution is 2.61. The molecule has 4 aliphatic carbocycles. The number of amides is 1. The van der Waals surface area contributed by atoms with Gasteiger partial charge < -0.3 is 15.4 Å². The van der Waals surface area contributed by atoms with Crippen LogP contribution in [0.4, 0.5) is 5.69 Å². The number of ether oxygens (including phenoxy) is 1. The van der Waals surface area contributed by atoms with Gasteiger partial charge in [-0.25, -0.2) is 0 Å². The van der Waals surface area contributed by atoms with Crippen LogP contribution in [0.15, 0.2) is 24.3 Å². The first-order chi connectivity index (χ1) is 12.1. The summed E-state index contributed by atoms with van der Waals surface area (Å²) in [5.41, 5.74) is 1.17. The van der Waals surface area contributed by atoms with E-state index in [1.54, 1.807) is 7.11 Å². The molecule has 0 heterocycles. The molecule has 1 atom stereocenters. The maximum atomic E-state index is 12.4. The van der Waals surface area contributed by atoms with E-state index in [9.17, 15) is 4.79 Å². The fraction of sp³-hybridized carbons (Fsp3) is 0.667. The second kappa shape index (κ2) is 6.64. The highest BCUT2D eigenvalue weighted by molar-refractivity contribution is 5.93. The van der Waals surface area contributed by atoms with Crippen molar-refractivity contribution in [3.8, 4) is 5.75 Å². The third-order valence-corrected chi connectivity index (χ3v) is 6.95. The second-order valence-corrected chi connectivity index (χ2v) is 8.63. The molecule has 25 heavy (non-hydrogen) atoms. The Bertz CT molecular complexity index is 607. The molecule has 1 aromatic carbocycles. The van der Waals surface area contributed by atoms with E-state index in [1.807, 2.05) is 24.3 Å². The van der Waals surface area contributed by atoms with Crippen molar-refractivity contribution in [1.82, 2.24) is 5.32 Å². The Morgan fingerprint density at radius 3 is 2.36 bits per heavy atom. The smallest absolute Gasteiger partial charge is 0.238 e. The standard InChI is InChI=1S/C21H30N2O2/c1-14(21-10-15-7-16(11-21)9-17(8-15)12-21)22-13-20(24)23-18-5-3-4-6-19(18)25-2/h3-6,14-17,22H,7-13H2,1-2H3,(H,23,24)/t14-,15?,16?,17?,21?/m1/s1. The summed E-state index contributed by atoms with van der Waals surface area (Å²) in [7, 11) is 1.62. The second-order valence-electron chi connectivity index (χ2n) is 8.63. The van der Waals surface area contributed by atoms with Crippen LogP contribution in [-0.4, -0.2) is 25.6 Å². The Kier molecular flexibility index (Phi) is 4.48. The molecule has 4 heteroatoms. The van der Waals surface area contributed by atoms with Crippen molar-refractivity contribution < 1.29 is 9.53 Å². The fourth-order valence-electron chi connectivity index (χ4n) is 6.11. The lowest BCUT2D eigenvalue weighted by Gasteiger charge is -2.59. The van der Waals surface area contributed by atoms with Gasteiger partial charge in [-0.3, -0.25) is 4.79 Å². The molecule has 4 aliphatic rings. The summed E-state index contributed by atoms with van der Waals surface area (Å²) in [5, 5.41) is 6.51. The van der Waals surface area contributed by atoms with Gasteiger partial charge in [0, 0.05) is 6.04 Å².